The summed E-state index contributed by atoms with van der Waals surface area (Å²) in [6, 6.07) is 22.2. The molecular formula is C28H29N. The number of benzene rings is 5. The molecule has 0 bridgehead atoms. The van der Waals surface area contributed by atoms with Crippen LogP contribution in [0.3, 0.4) is 0 Å². The van der Waals surface area contributed by atoms with E-state index < -0.39 is 0 Å². The summed E-state index contributed by atoms with van der Waals surface area (Å²) in [4.78, 5) is 0. The van der Waals surface area contributed by atoms with Crippen LogP contribution in [-0.2, 0) is 6.42 Å². The van der Waals surface area contributed by atoms with Crippen LogP contribution in [0.5, 0.6) is 0 Å². The number of fused-ring (bicyclic) bond motifs is 2. The van der Waals surface area contributed by atoms with E-state index in [2.05, 4.69) is 67.6 Å². The zero-order chi connectivity index (χ0) is 19.8. The molecule has 1 nitrogen and oxygen atoms in total. The first kappa shape index (κ1) is 18.2. The average molecular weight is 380 g/mol. The van der Waals surface area contributed by atoms with Crippen LogP contribution >= 0.6 is 0 Å². The molecule has 0 amide bonds. The van der Waals surface area contributed by atoms with Crippen molar-refractivity contribution in [1.29, 1.82) is 0 Å². The van der Waals surface area contributed by atoms with Gasteiger partial charge in [0.2, 0.25) is 0 Å². The van der Waals surface area contributed by atoms with E-state index in [1.165, 1.54) is 87.2 Å². The molecule has 0 aliphatic rings. The van der Waals surface area contributed by atoms with Gasteiger partial charge in [-0.15, -0.1) is 0 Å². The third-order valence-corrected chi connectivity index (χ3v) is 6.55. The molecule has 0 aliphatic heterocycles. The molecule has 146 valence electrons. The second-order valence-electron chi connectivity index (χ2n) is 8.45. The van der Waals surface area contributed by atoms with E-state index in [-0.39, 0.29) is 0 Å². The van der Waals surface area contributed by atoms with E-state index in [0.717, 1.165) is 12.1 Å². The predicted molar refractivity (Wildman–Crippen MR) is 129 cm³/mol. The van der Waals surface area contributed by atoms with Gasteiger partial charge in [-0.25, -0.2) is 0 Å². The van der Waals surface area contributed by atoms with Crippen LogP contribution in [0.1, 0.15) is 51.0 Å². The maximum atomic E-state index is 6.55. The lowest BCUT2D eigenvalue weighted by molar-refractivity contribution is 0.608. The van der Waals surface area contributed by atoms with Crippen molar-refractivity contribution in [3.8, 4) is 0 Å². The van der Waals surface area contributed by atoms with Gasteiger partial charge in [0.05, 0.1) is 0 Å². The van der Waals surface area contributed by atoms with Crippen molar-refractivity contribution in [2.24, 2.45) is 0 Å². The Balaban J connectivity index is 1.72. The number of anilines is 1. The van der Waals surface area contributed by atoms with Gasteiger partial charge in [-0.3, -0.25) is 0 Å². The highest BCUT2D eigenvalue weighted by Gasteiger charge is 2.16. The maximum absolute atomic E-state index is 6.55. The number of hydrogen-bond donors (Lipinski definition) is 1. The van der Waals surface area contributed by atoms with Crippen LogP contribution < -0.4 is 5.73 Å². The Kier molecular flexibility index (Phi) is 4.75. The second kappa shape index (κ2) is 7.55. The highest BCUT2D eigenvalue weighted by molar-refractivity contribution is 6.35. The molecule has 0 radical (unpaired) electrons. The number of hydrogen-bond acceptors (Lipinski definition) is 1. The van der Waals surface area contributed by atoms with Gasteiger partial charge < -0.3 is 5.73 Å². The van der Waals surface area contributed by atoms with Gasteiger partial charge in [0.15, 0.2) is 0 Å². The first-order valence-electron chi connectivity index (χ1n) is 11.2. The molecule has 0 fully saturated rings. The molecule has 0 saturated heterocycles. The highest BCUT2D eigenvalue weighted by Crippen LogP contribution is 2.43. The minimum atomic E-state index is 0.887. The summed E-state index contributed by atoms with van der Waals surface area (Å²) in [6.45, 7) is 2.28. The molecule has 1 heteroatoms. The standard InChI is InChI=1S/C28H29N/c1-2-3-4-5-6-7-10-20-15-16-21-17-18-24(29)28-23-14-9-12-19-11-8-13-22(25(19)23)26(20)27(21)28/h8-9,11-18H,2-7,10,29H2,1H3. The number of nitrogens with two attached hydrogens (primary N) is 1. The van der Waals surface area contributed by atoms with Crippen molar-refractivity contribution in [2.45, 2.75) is 51.9 Å². The van der Waals surface area contributed by atoms with Gasteiger partial charge in [0, 0.05) is 11.1 Å². The zero-order valence-corrected chi connectivity index (χ0v) is 17.3. The highest BCUT2D eigenvalue weighted by atomic mass is 14.6. The Hall–Kier alpha value is -2.80. The van der Waals surface area contributed by atoms with Gasteiger partial charge >= 0.3 is 0 Å². The number of rotatable bonds is 7. The first-order chi connectivity index (χ1) is 14.3. The molecule has 0 heterocycles. The molecule has 2 N–H and O–H groups in total. The minimum absolute atomic E-state index is 0.887. The SMILES string of the molecule is CCCCCCCCc1ccc2ccc(N)c3c4cccc5cccc(c1c23)c54. The van der Waals surface area contributed by atoms with Crippen LogP contribution in [0, 0.1) is 0 Å². The van der Waals surface area contributed by atoms with Crippen LogP contribution in [0.4, 0.5) is 5.69 Å². The smallest absolute Gasteiger partial charge is 0.0400 e. The summed E-state index contributed by atoms with van der Waals surface area (Å²) < 4.78 is 0. The first-order valence-corrected chi connectivity index (χ1v) is 11.2. The predicted octanol–water partition coefficient (Wildman–Crippen LogP) is 8.22. The maximum Gasteiger partial charge on any atom is 0.0400 e. The summed E-state index contributed by atoms with van der Waals surface area (Å²) in [5.74, 6) is 0. The topological polar surface area (TPSA) is 26.0 Å². The van der Waals surface area contributed by atoms with Crippen LogP contribution in [0.2, 0.25) is 0 Å². The van der Waals surface area contributed by atoms with Gasteiger partial charge in [-0.2, -0.15) is 0 Å². The molecule has 5 rings (SSSR count). The van der Waals surface area contributed by atoms with Crippen molar-refractivity contribution >= 4 is 48.8 Å². The normalized spacial score (nSPS) is 12.0. The molecule has 0 spiro atoms. The number of aryl methyl sites for hydroxylation is 1. The Labute approximate surface area is 172 Å². The summed E-state index contributed by atoms with van der Waals surface area (Å²) in [7, 11) is 0. The quantitative estimate of drug-likeness (QED) is 0.131. The Morgan fingerprint density at radius 3 is 2.03 bits per heavy atom. The third kappa shape index (κ3) is 3.00. The molecule has 0 unspecified atom stereocenters. The molecule has 0 saturated carbocycles. The van der Waals surface area contributed by atoms with Crippen LogP contribution in [0.25, 0.3) is 43.1 Å². The minimum Gasteiger partial charge on any atom is -0.398 e. The zero-order valence-electron chi connectivity index (χ0n) is 17.3. The van der Waals surface area contributed by atoms with Crippen molar-refractivity contribution < 1.29 is 0 Å². The van der Waals surface area contributed by atoms with Gasteiger partial charge in [0.1, 0.15) is 0 Å². The van der Waals surface area contributed by atoms with Crippen molar-refractivity contribution in [2.75, 3.05) is 5.73 Å². The van der Waals surface area contributed by atoms with Crippen molar-refractivity contribution in [3.63, 3.8) is 0 Å². The van der Waals surface area contributed by atoms with Gasteiger partial charge in [-0.1, -0.05) is 93.6 Å². The van der Waals surface area contributed by atoms with Crippen molar-refractivity contribution in [3.05, 3.63) is 66.2 Å². The molecule has 5 aromatic rings. The number of unbranched alkanes of at least 4 members (excludes halogenated alkanes) is 5. The Morgan fingerprint density at radius 2 is 1.24 bits per heavy atom. The van der Waals surface area contributed by atoms with Gasteiger partial charge in [-0.05, 0) is 62.2 Å². The fraction of sp³-hybridized carbons (Fsp3) is 0.286. The molecule has 29 heavy (non-hydrogen) atoms. The monoisotopic (exact) mass is 379 g/mol. The molecular weight excluding hydrogens is 350 g/mol. The lowest BCUT2D eigenvalue weighted by atomic mass is 9.86. The summed E-state index contributed by atoms with van der Waals surface area (Å²) in [6.07, 6.45) is 9.12. The summed E-state index contributed by atoms with van der Waals surface area (Å²) >= 11 is 0. The average Bonchev–Trinajstić information content (AvgIpc) is 2.75. The van der Waals surface area contributed by atoms with E-state index in [1.54, 1.807) is 0 Å². The van der Waals surface area contributed by atoms with Gasteiger partial charge in [0.25, 0.3) is 0 Å². The fourth-order valence-corrected chi connectivity index (χ4v) is 5.14. The van der Waals surface area contributed by atoms with E-state index in [1.807, 2.05) is 0 Å². The third-order valence-electron chi connectivity index (χ3n) is 6.55. The summed E-state index contributed by atoms with van der Waals surface area (Å²) in [5.41, 5.74) is 8.91. The lowest BCUT2D eigenvalue weighted by Gasteiger charge is -2.18. The lowest BCUT2D eigenvalue weighted by Crippen LogP contribution is -1.96. The molecule has 5 aromatic carbocycles. The van der Waals surface area contributed by atoms with E-state index in [0.29, 0.717) is 0 Å². The van der Waals surface area contributed by atoms with E-state index >= 15 is 0 Å². The van der Waals surface area contributed by atoms with Crippen LogP contribution in [0.15, 0.2) is 60.7 Å². The van der Waals surface area contributed by atoms with Crippen LogP contribution in [-0.4, -0.2) is 0 Å². The molecule has 0 aromatic heterocycles. The fourth-order valence-electron chi connectivity index (χ4n) is 5.14. The second-order valence-corrected chi connectivity index (χ2v) is 8.45. The largest absolute Gasteiger partial charge is 0.398 e. The van der Waals surface area contributed by atoms with E-state index in [9.17, 15) is 0 Å². The van der Waals surface area contributed by atoms with E-state index in [4.69, 9.17) is 5.73 Å². The Bertz CT molecular complexity index is 1290. The number of nitrogen functional groups attached to an aromatic ring is 1. The van der Waals surface area contributed by atoms with Crippen molar-refractivity contribution in [1.82, 2.24) is 0 Å². The Morgan fingerprint density at radius 1 is 0.586 bits per heavy atom. The molecule has 0 atom stereocenters. The molecule has 0 aliphatic carbocycles. The summed E-state index contributed by atoms with van der Waals surface area (Å²) in [5, 5.41) is 10.6.